The molecule has 0 aliphatic heterocycles. The smallest absolute Gasteiger partial charge is 0.222 e. The number of aromatic nitrogens is 1. The van der Waals surface area contributed by atoms with Crippen molar-refractivity contribution in [1.29, 1.82) is 0 Å². The van der Waals surface area contributed by atoms with Crippen molar-refractivity contribution >= 4 is 5.88 Å². The summed E-state index contributed by atoms with van der Waals surface area (Å²) in [6, 6.07) is 3.76. The van der Waals surface area contributed by atoms with Crippen molar-refractivity contribution in [3.05, 3.63) is 24.0 Å². The SMILES string of the molecule is Nc1cc(-c2ccc(O)c(F)c2O)no1. The Morgan fingerprint density at radius 1 is 1.33 bits per heavy atom. The van der Waals surface area contributed by atoms with Gasteiger partial charge in [0.15, 0.2) is 11.5 Å². The molecule has 5 nitrogen and oxygen atoms in total. The van der Waals surface area contributed by atoms with E-state index < -0.39 is 17.3 Å². The van der Waals surface area contributed by atoms with Gasteiger partial charge < -0.3 is 20.5 Å². The molecule has 2 rings (SSSR count). The quantitative estimate of drug-likeness (QED) is 0.662. The van der Waals surface area contributed by atoms with Crippen molar-refractivity contribution in [3.63, 3.8) is 0 Å². The standard InChI is InChI=1S/C9H7FN2O3/c10-8-6(13)2-1-4(9(8)14)5-3-7(11)15-12-5/h1-3,13-14H,11H2. The summed E-state index contributed by atoms with van der Waals surface area (Å²) in [6.45, 7) is 0. The molecule has 4 N–H and O–H groups in total. The zero-order valence-corrected chi connectivity index (χ0v) is 7.44. The van der Waals surface area contributed by atoms with Crippen LogP contribution in [0, 0.1) is 5.82 Å². The van der Waals surface area contributed by atoms with Crippen molar-refractivity contribution in [2.75, 3.05) is 5.73 Å². The number of hydrogen-bond acceptors (Lipinski definition) is 5. The summed E-state index contributed by atoms with van der Waals surface area (Å²) < 4.78 is 17.7. The minimum Gasteiger partial charge on any atom is -0.505 e. The minimum atomic E-state index is -1.10. The number of aromatic hydroxyl groups is 2. The van der Waals surface area contributed by atoms with Crippen LogP contribution in [0.2, 0.25) is 0 Å². The fraction of sp³-hybridized carbons (Fsp3) is 0. The second kappa shape index (κ2) is 3.16. The average Bonchev–Trinajstić information content (AvgIpc) is 2.61. The number of phenols is 2. The topological polar surface area (TPSA) is 92.5 Å². The predicted molar refractivity (Wildman–Crippen MR) is 49.6 cm³/mol. The van der Waals surface area contributed by atoms with Crippen LogP contribution in [-0.2, 0) is 0 Å². The van der Waals surface area contributed by atoms with E-state index in [1.807, 2.05) is 0 Å². The molecule has 1 aromatic heterocycles. The summed E-state index contributed by atoms with van der Waals surface area (Å²) in [4.78, 5) is 0. The Kier molecular flexibility index (Phi) is 1.96. The normalized spacial score (nSPS) is 10.5. The third kappa shape index (κ3) is 1.45. The lowest BCUT2D eigenvalue weighted by atomic mass is 10.1. The molecule has 2 aromatic rings. The van der Waals surface area contributed by atoms with Crippen molar-refractivity contribution in [3.8, 4) is 22.8 Å². The van der Waals surface area contributed by atoms with E-state index in [0.717, 1.165) is 6.07 Å². The zero-order chi connectivity index (χ0) is 11.0. The number of nitrogens with zero attached hydrogens (tertiary/aromatic N) is 1. The largest absolute Gasteiger partial charge is 0.505 e. The average molecular weight is 210 g/mol. The van der Waals surface area contributed by atoms with Gasteiger partial charge in [-0.2, -0.15) is 4.39 Å². The number of phenolic OH excluding ortho intramolecular Hbond substituents is 2. The number of benzene rings is 1. The van der Waals surface area contributed by atoms with Crippen LogP contribution in [0.3, 0.4) is 0 Å². The third-order valence-corrected chi connectivity index (χ3v) is 1.90. The fourth-order valence-corrected chi connectivity index (χ4v) is 1.18. The highest BCUT2D eigenvalue weighted by molar-refractivity contribution is 5.69. The third-order valence-electron chi connectivity index (χ3n) is 1.90. The summed E-state index contributed by atoms with van der Waals surface area (Å²) in [7, 11) is 0. The van der Waals surface area contributed by atoms with E-state index in [1.54, 1.807) is 0 Å². The van der Waals surface area contributed by atoms with Gasteiger partial charge in [-0.1, -0.05) is 5.16 Å². The number of rotatable bonds is 1. The van der Waals surface area contributed by atoms with Gasteiger partial charge in [0.05, 0.1) is 0 Å². The van der Waals surface area contributed by atoms with Gasteiger partial charge in [-0.3, -0.25) is 0 Å². The van der Waals surface area contributed by atoms with Crippen LogP contribution in [0.1, 0.15) is 0 Å². The Hall–Kier alpha value is -2.24. The highest BCUT2D eigenvalue weighted by Crippen LogP contribution is 2.35. The molecule has 78 valence electrons. The van der Waals surface area contributed by atoms with E-state index in [-0.39, 0.29) is 17.1 Å². The van der Waals surface area contributed by atoms with Crippen molar-refractivity contribution < 1.29 is 19.1 Å². The highest BCUT2D eigenvalue weighted by atomic mass is 19.1. The van der Waals surface area contributed by atoms with Crippen LogP contribution in [0.4, 0.5) is 10.3 Å². The summed E-state index contributed by atoms with van der Waals surface area (Å²) >= 11 is 0. The van der Waals surface area contributed by atoms with Crippen molar-refractivity contribution in [2.45, 2.75) is 0 Å². The second-order valence-corrected chi connectivity index (χ2v) is 2.91. The number of anilines is 1. The van der Waals surface area contributed by atoms with Gasteiger partial charge >= 0.3 is 0 Å². The molecule has 0 aliphatic rings. The summed E-state index contributed by atoms with van der Waals surface area (Å²) in [5, 5.41) is 21.9. The van der Waals surface area contributed by atoms with Gasteiger partial charge in [0.1, 0.15) is 5.69 Å². The first-order valence-corrected chi connectivity index (χ1v) is 4.02. The predicted octanol–water partition coefficient (Wildman–Crippen LogP) is 1.47. The first kappa shape index (κ1) is 9.32. The summed E-state index contributed by atoms with van der Waals surface area (Å²) in [5.74, 6) is -2.37. The second-order valence-electron chi connectivity index (χ2n) is 2.91. The molecule has 0 radical (unpaired) electrons. The molecule has 0 spiro atoms. The molecule has 0 unspecified atom stereocenters. The Bertz CT molecular complexity index is 510. The number of hydrogen-bond donors (Lipinski definition) is 3. The Morgan fingerprint density at radius 2 is 2.07 bits per heavy atom. The maximum absolute atomic E-state index is 13.1. The molecule has 0 bridgehead atoms. The zero-order valence-electron chi connectivity index (χ0n) is 7.44. The lowest BCUT2D eigenvalue weighted by molar-refractivity contribution is 0.389. The first-order chi connectivity index (χ1) is 7.09. The van der Waals surface area contributed by atoms with E-state index in [0.29, 0.717) is 0 Å². The maximum Gasteiger partial charge on any atom is 0.222 e. The Balaban J connectivity index is 2.59. The molecule has 6 heteroatoms. The van der Waals surface area contributed by atoms with Crippen LogP contribution in [0.25, 0.3) is 11.3 Å². The van der Waals surface area contributed by atoms with Gasteiger partial charge in [0.25, 0.3) is 0 Å². The highest BCUT2D eigenvalue weighted by Gasteiger charge is 2.15. The van der Waals surface area contributed by atoms with Gasteiger partial charge in [-0.25, -0.2) is 0 Å². The van der Waals surface area contributed by atoms with Gasteiger partial charge in [-0.05, 0) is 12.1 Å². The molecule has 0 saturated heterocycles. The lowest BCUT2D eigenvalue weighted by Gasteiger charge is -2.02. The minimum absolute atomic E-state index is 0.0536. The van der Waals surface area contributed by atoms with Crippen LogP contribution in [0.5, 0.6) is 11.5 Å². The first-order valence-electron chi connectivity index (χ1n) is 4.02. The molecule has 0 amide bonds. The number of halogens is 1. The fourth-order valence-electron chi connectivity index (χ4n) is 1.18. The maximum atomic E-state index is 13.1. The summed E-state index contributed by atoms with van der Waals surface area (Å²) in [6.07, 6.45) is 0. The molecule has 0 fully saturated rings. The van der Waals surface area contributed by atoms with Crippen LogP contribution >= 0.6 is 0 Å². The molecular formula is C9H7FN2O3. The van der Waals surface area contributed by atoms with E-state index in [2.05, 4.69) is 9.68 Å². The van der Waals surface area contributed by atoms with Crippen molar-refractivity contribution in [1.82, 2.24) is 5.16 Å². The van der Waals surface area contributed by atoms with Gasteiger partial charge in [0.2, 0.25) is 11.7 Å². The lowest BCUT2D eigenvalue weighted by Crippen LogP contribution is -1.84. The number of nitrogens with two attached hydrogens (primary N) is 1. The molecule has 0 aliphatic carbocycles. The van der Waals surface area contributed by atoms with E-state index in [9.17, 15) is 9.50 Å². The van der Waals surface area contributed by atoms with Crippen LogP contribution < -0.4 is 5.73 Å². The van der Waals surface area contributed by atoms with Crippen LogP contribution in [0.15, 0.2) is 22.7 Å². The molecular weight excluding hydrogens is 203 g/mol. The molecule has 15 heavy (non-hydrogen) atoms. The Labute approximate surface area is 83.5 Å². The molecule has 0 atom stereocenters. The molecule has 1 heterocycles. The van der Waals surface area contributed by atoms with E-state index >= 15 is 0 Å². The summed E-state index contributed by atoms with van der Waals surface area (Å²) in [5.41, 5.74) is 5.58. The van der Waals surface area contributed by atoms with E-state index in [4.69, 9.17) is 10.8 Å². The van der Waals surface area contributed by atoms with Gasteiger partial charge in [0, 0.05) is 11.6 Å². The molecule has 0 saturated carbocycles. The number of nitrogen functional groups attached to an aromatic ring is 1. The van der Waals surface area contributed by atoms with E-state index in [1.165, 1.54) is 12.1 Å². The van der Waals surface area contributed by atoms with Crippen LogP contribution in [-0.4, -0.2) is 15.4 Å². The van der Waals surface area contributed by atoms with Gasteiger partial charge in [-0.15, -0.1) is 0 Å². The van der Waals surface area contributed by atoms with Crippen molar-refractivity contribution in [2.24, 2.45) is 0 Å². The molecule has 1 aromatic carbocycles. The Morgan fingerprint density at radius 3 is 2.67 bits per heavy atom. The monoisotopic (exact) mass is 210 g/mol.